The van der Waals surface area contributed by atoms with Gasteiger partial charge in [-0.15, -0.1) is 0 Å². The Bertz CT molecular complexity index is 525. The highest BCUT2D eigenvalue weighted by molar-refractivity contribution is 5.94. The van der Waals surface area contributed by atoms with Gasteiger partial charge in [0.2, 0.25) is 0 Å². The molecule has 0 aliphatic carbocycles. The largest absolute Gasteiger partial charge is 0.491 e. The normalized spacial score (nSPS) is 17.2. The molecule has 120 valence electrons. The molecule has 6 heteroatoms. The predicted octanol–water partition coefficient (Wildman–Crippen LogP) is 1.79. The van der Waals surface area contributed by atoms with Gasteiger partial charge in [-0.1, -0.05) is 6.07 Å². The summed E-state index contributed by atoms with van der Waals surface area (Å²) in [7, 11) is 1.59. The molecule has 0 aromatic heterocycles. The molecule has 1 aliphatic heterocycles. The van der Waals surface area contributed by atoms with Crippen LogP contribution in [-0.2, 0) is 9.53 Å². The van der Waals surface area contributed by atoms with Gasteiger partial charge in [0.25, 0.3) is 5.91 Å². The average molecular weight is 307 g/mol. The van der Waals surface area contributed by atoms with Crippen LogP contribution in [0.15, 0.2) is 24.3 Å². The number of ether oxygens (including phenoxy) is 2. The van der Waals surface area contributed by atoms with Gasteiger partial charge in [-0.25, -0.2) is 0 Å². The van der Waals surface area contributed by atoms with Crippen LogP contribution in [0.5, 0.6) is 5.75 Å². The van der Waals surface area contributed by atoms with Crippen LogP contribution in [0.3, 0.4) is 0 Å². The number of benzene rings is 1. The Morgan fingerprint density at radius 1 is 1.45 bits per heavy atom. The SMILES string of the molecule is CN(CCC(=O)O)C(=O)c1cccc(OC[C@@H]2CCCO2)c1. The van der Waals surface area contributed by atoms with Crippen molar-refractivity contribution < 1.29 is 24.2 Å². The number of hydrogen-bond acceptors (Lipinski definition) is 4. The molecule has 1 fully saturated rings. The third kappa shape index (κ3) is 4.73. The summed E-state index contributed by atoms with van der Waals surface area (Å²) in [6, 6.07) is 6.92. The van der Waals surface area contributed by atoms with Crippen LogP contribution in [-0.4, -0.2) is 54.8 Å². The summed E-state index contributed by atoms with van der Waals surface area (Å²) in [5.41, 5.74) is 0.484. The van der Waals surface area contributed by atoms with Crippen LogP contribution >= 0.6 is 0 Å². The summed E-state index contributed by atoms with van der Waals surface area (Å²) in [5.74, 6) is -0.523. The van der Waals surface area contributed by atoms with Crippen LogP contribution in [0.25, 0.3) is 0 Å². The van der Waals surface area contributed by atoms with E-state index in [0.717, 1.165) is 19.4 Å². The topological polar surface area (TPSA) is 76.1 Å². The van der Waals surface area contributed by atoms with Crippen LogP contribution in [0.2, 0.25) is 0 Å². The first-order valence-corrected chi connectivity index (χ1v) is 7.38. The number of carboxylic acids is 1. The lowest BCUT2D eigenvalue weighted by Crippen LogP contribution is -2.29. The number of rotatable bonds is 7. The van der Waals surface area contributed by atoms with Gasteiger partial charge in [0.15, 0.2) is 0 Å². The van der Waals surface area contributed by atoms with E-state index in [-0.39, 0.29) is 25.0 Å². The lowest BCUT2D eigenvalue weighted by Gasteiger charge is -2.17. The Morgan fingerprint density at radius 3 is 2.95 bits per heavy atom. The summed E-state index contributed by atoms with van der Waals surface area (Å²) < 4.78 is 11.2. The molecule has 0 unspecified atom stereocenters. The summed E-state index contributed by atoms with van der Waals surface area (Å²) in [4.78, 5) is 24.2. The van der Waals surface area contributed by atoms with Gasteiger partial charge in [0.05, 0.1) is 12.5 Å². The maximum Gasteiger partial charge on any atom is 0.305 e. The van der Waals surface area contributed by atoms with Crippen LogP contribution < -0.4 is 4.74 Å². The number of nitrogens with zero attached hydrogens (tertiary/aromatic N) is 1. The fraction of sp³-hybridized carbons (Fsp3) is 0.500. The molecular formula is C16H21NO5. The van der Waals surface area contributed by atoms with E-state index in [2.05, 4.69) is 0 Å². The highest BCUT2D eigenvalue weighted by atomic mass is 16.5. The number of hydrogen-bond donors (Lipinski definition) is 1. The third-order valence-electron chi connectivity index (χ3n) is 3.55. The Labute approximate surface area is 129 Å². The van der Waals surface area contributed by atoms with E-state index < -0.39 is 5.97 Å². The van der Waals surface area contributed by atoms with Crippen LogP contribution in [0.4, 0.5) is 0 Å². The number of carbonyl (C=O) groups excluding carboxylic acids is 1. The first kappa shape index (κ1) is 16.3. The molecule has 2 rings (SSSR count). The maximum atomic E-state index is 12.2. The van der Waals surface area contributed by atoms with Gasteiger partial charge in [-0.2, -0.15) is 0 Å². The Balaban J connectivity index is 1.91. The van der Waals surface area contributed by atoms with Crippen molar-refractivity contribution in [2.75, 3.05) is 26.8 Å². The lowest BCUT2D eigenvalue weighted by atomic mass is 10.2. The van der Waals surface area contributed by atoms with Crippen molar-refractivity contribution in [2.24, 2.45) is 0 Å². The molecule has 1 aliphatic rings. The molecular weight excluding hydrogens is 286 g/mol. The monoisotopic (exact) mass is 307 g/mol. The first-order chi connectivity index (χ1) is 10.6. The maximum absolute atomic E-state index is 12.2. The van der Waals surface area contributed by atoms with E-state index in [1.165, 1.54) is 4.90 Å². The van der Waals surface area contributed by atoms with Gasteiger partial charge in [-0.3, -0.25) is 9.59 Å². The Kier molecular flexibility index (Phi) is 5.77. The zero-order valence-corrected chi connectivity index (χ0v) is 12.7. The summed E-state index contributed by atoms with van der Waals surface area (Å²) in [5, 5.41) is 8.66. The minimum atomic E-state index is -0.923. The van der Waals surface area contributed by atoms with E-state index in [0.29, 0.717) is 17.9 Å². The molecule has 0 bridgehead atoms. The zero-order valence-electron chi connectivity index (χ0n) is 12.7. The van der Waals surface area contributed by atoms with E-state index in [4.69, 9.17) is 14.6 Å². The lowest BCUT2D eigenvalue weighted by molar-refractivity contribution is -0.137. The second-order valence-electron chi connectivity index (χ2n) is 5.34. The molecule has 22 heavy (non-hydrogen) atoms. The van der Waals surface area contributed by atoms with Gasteiger partial charge in [0.1, 0.15) is 12.4 Å². The van der Waals surface area contributed by atoms with Crippen molar-refractivity contribution in [3.05, 3.63) is 29.8 Å². The minimum absolute atomic E-state index is 0.0720. The predicted molar refractivity (Wildman–Crippen MR) is 80.1 cm³/mol. The number of aliphatic carboxylic acids is 1. The molecule has 0 spiro atoms. The zero-order chi connectivity index (χ0) is 15.9. The first-order valence-electron chi connectivity index (χ1n) is 7.38. The molecule has 1 saturated heterocycles. The molecule has 0 saturated carbocycles. The van der Waals surface area contributed by atoms with Crippen molar-refractivity contribution in [1.29, 1.82) is 0 Å². The number of carbonyl (C=O) groups is 2. The third-order valence-corrected chi connectivity index (χ3v) is 3.55. The number of carboxylic acid groups (broad SMARTS) is 1. The Hall–Kier alpha value is -2.08. The second kappa shape index (κ2) is 7.79. The highest BCUT2D eigenvalue weighted by Gasteiger charge is 2.17. The van der Waals surface area contributed by atoms with Crippen LogP contribution in [0.1, 0.15) is 29.6 Å². The van der Waals surface area contributed by atoms with Crippen molar-refractivity contribution >= 4 is 11.9 Å². The van der Waals surface area contributed by atoms with Crippen molar-refractivity contribution in [3.8, 4) is 5.75 Å². The molecule has 1 amide bonds. The fourth-order valence-corrected chi connectivity index (χ4v) is 2.27. The van der Waals surface area contributed by atoms with E-state index in [1.807, 2.05) is 0 Å². The quantitative estimate of drug-likeness (QED) is 0.831. The van der Waals surface area contributed by atoms with Crippen molar-refractivity contribution in [1.82, 2.24) is 4.90 Å². The second-order valence-corrected chi connectivity index (χ2v) is 5.34. The molecule has 1 aromatic carbocycles. The Morgan fingerprint density at radius 2 is 2.27 bits per heavy atom. The summed E-state index contributed by atoms with van der Waals surface area (Å²) >= 11 is 0. The van der Waals surface area contributed by atoms with Gasteiger partial charge < -0.3 is 19.5 Å². The standard InChI is InChI=1S/C16H21NO5/c1-17(8-7-15(18)19)16(20)12-4-2-5-13(10-12)22-11-14-6-3-9-21-14/h2,4-5,10,14H,3,6-9,11H2,1H3,(H,18,19)/t14-/m0/s1. The molecule has 1 N–H and O–H groups in total. The highest BCUT2D eigenvalue weighted by Crippen LogP contribution is 2.18. The number of amides is 1. The molecule has 1 heterocycles. The van der Waals surface area contributed by atoms with Gasteiger partial charge in [0, 0.05) is 25.8 Å². The van der Waals surface area contributed by atoms with Crippen molar-refractivity contribution in [3.63, 3.8) is 0 Å². The van der Waals surface area contributed by atoms with E-state index >= 15 is 0 Å². The summed E-state index contributed by atoms with van der Waals surface area (Å²) in [6.07, 6.45) is 2.10. The minimum Gasteiger partial charge on any atom is -0.491 e. The molecule has 1 aromatic rings. The van der Waals surface area contributed by atoms with Gasteiger partial charge >= 0.3 is 5.97 Å². The fourth-order valence-electron chi connectivity index (χ4n) is 2.27. The molecule has 0 radical (unpaired) electrons. The van der Waals surface area contributed by atoms with Gasteiger partial charge in [-0.05, 0) is 31.0 Å². The average Bonchev–Trinajstić information content (AvgIpc) is 3.03. The summed E-state index contributed by atoms with van der Waals surface area (Å²) in [6.45, 7) is 1.43. The van der Waals surface area contributed by atoms with Crippen molar-refractivity contribution in [2.45, 2.75) is 25.4 Å². The van der Waals surface area contributed by atoms with E-state index in [1.54, 1.807) is 31.3 Å². The van der Waals surface area contributed by atoms with E-state index in [9.17, 15) is 9.59 Å². The molecule has 6 nitrogen and oxygen atoms in total. The van der Waals surface area contributed by atoms with Crippen LogP contribution in [0, 0.1) is 0 Å². The molecule has 1 atom stereocenters. The smallest absolute Gasteiger partial charge is 0.305 e.